The highest BCUT2D eigenvalue weighted by atomic mass is 16.6. The minimum absolute atomic E-state index is 0.217. The van der Waals surface area contributed by atoms with E-state index in [1.807, 2.05) is 42.5 Å². The molecule has 3 aliphatic rings. The Kier molecular flexibility index (Phi) is 4.95. The van der Waals surface area contributed by atoms with Crippen molar-refractivity contribution in [1.29, 1.82) is 0 Å². The van der Waals surface area contributed by atoms with Crippen LogP contribution in [0.15, 0.2) is 42.5 Å². The van der Waals surface area contributed by atoms with Crippen LogP contribution in [-0.2, 0) is 9.47 Å². The van der Waals surface area contributed by atoms with E-state index in [2.05, 4.69) is 27.7 Å². The topological polar surface area (TPSA) is 55.8 Å². The maximum Gasteiger partial charge on any atom is 0.338 e. The first-order chi connectivity index (χ1) is 14.7. The molecule has 2 aromatic rings. The summed E-state index contributed by atoms with van der Waals surface area (Å²) < 4.78 is 13.1. The van der Waals surface area contributed by atoms with Crippen LogP contribution >= 0.6 is 0 Å². The van der Waals surface area contributed by atoms with Crippen LogP contribution in [0.1, 0.15) is 63.7 Å². The summed E-state index contributed by atoms with van der Waals surface area (Å²) in [7, 11) is 0. The van der Waals surface area contributed by atoms with Crippen molar-refractivity contribution in [2.45, 2.75) is 76.8 Å². The van der Waals surface area contributed by atoms with Gasteiger partial charge in [-0.1, -0.05) is 51.1 Å². The lowest BCUT2D eigenvalue weighted by Gasteiger charge is -2.52. The van der Waals surface area contributed by atoms with Gasteiger partial charge in [0.1, 0.15) is 11.7 Å². The summed E-state index contributed by atoms with van der Waals surface area (Å²) in [5.41, 5.74) is -0.586. The SMILES string of the molecule is CC(C)CC12CC(O)C(C)(O1)C1CCC(C)C1C2OC(=O)c1ccc2ccccc2c1. The van der Waals surface area contributed by atoms with Crippen LogP contribution in [-0.4, -0.2) is 34.5 Å². The molecule has 2 aliphatic heterocycles. The molecule has 2 heterocycles. The van der Waals surface area contributed by atoms with E-state index in [0.717, 1.165) is 30.0 Å². The number of hydrogen-bond donors (Lipinski definition) is 1. The summed E-state index contributed by atoms with van der Waals surface area (Å²) >= 11 is 0. The first kappa shape index (κ1) is 21.0. The van der Waals surface area contributed by atoms with Crippen LogP contribution in [0.3, 0.4) is 0 Å². The molecule has 0 spiro atoms. The largest absolute Gasteiger partial charge is 0.455 e. The predicted molar refractivity (Wildman–Crippen MR) is 121 cm³/mol. The second-order valence-electron chi connectivity index (χ2n) is 10.8. The summed E-state index contributed by atoms with van der Waals surface area (Å²) in [5, 5.41) is 13.2. The van der Waals surface area contributed by atoms with Gasteiger partial charge in [0.25, 0.3) is 0 Å². The van der Waals surface area contributed by atoms with Crippen LogP contribution in [0.2, 0.25) is 0 Å². The van der Waals surface area contributed by atoms with E-state index in [1.54, 1.807) is 0 Å². The number of aliphatic hydroxyl groups excluding tert-OH is 1. The minimum Gasteiger partial charge on any atom is -0.455 e. The number of aliphatic hydroxyl groups is 1. The number of esters is 1. The van der Waals surface area contributed by atoms with Crippen molar-refractivity contribution in [3.8, 4) is 0 Å². The number of fused-ring (bicyclic) bond motifs is 5. The highest BCUT2D eigenvalue weighted by Gasteiger charge is 2.70. The molecule has 1 N–H and O–H groups in total. The molecule has 2 aromatic carbocycles. The lowest BCUT2D eigenvalue weighted by molar-refractivity contribution is -0.248. The number of ether oxygens (including phenoxy) is 2. The minimum atomic E-state index is -0.616. The van der Waals surface area contributed by atoms with Crippen molar-refractivity contribution in [2.24, 2.45) is 23.7 Å². The lowest BCUT2D eigenvalue weighted by Crippen LogP contribution is -2.60. The molecule has 4 heteroatoms. The maximum absolute atomic E-state index is 13.4. The van der Waals surface area contributed by atoms with Gasteiger partial charge in [-0.15, -0.1) is 0 Å². The monoisotopic (exact) mass is 422 g/mol. The van der Waals surface area contributed by atoms with Crippen molar-refractivity contribution < 1.29 is 19.4 Å². The van der Waals surface area contributed by atoms with E-state index in [4.69, 9.17) is 9.47 Å². The molecular formula is C27H34O4. The number of rotatable bonds is 4. The Balaban J connectivity index is 1.52. The van der Waals surface area contributed by atoms with Gasteiger partial charge in [0, 0.05) is 12.3 Å². The predicted octanol–water partition coefficient (Wildman–Crippen LogP) is 5.37. The second-order valence-corrected chi connectivity index (χ2v) is 10.8. The molecule has 2 bridgehead atoms. The Morgan fingerprint density at radius 2 is 1.94 bits per heavy atom. The molecule has 3 fully saturated rings. The summed E-state index contributed by atoms with van der Waals surface area (Å²) in [5.74, 6) is 0.975. The van der Waals surface area contributed by atoms with E-state index in [0.29, 0.717) is 23.8 Å². The van der Waals surface area contributed by atoms with E-state index in [1.165, 1.54) is 0 Å². The molecule has 0 radical (unpaired) electrons. The van der Waals surface area contributed by atoms with Gasteiger partial charge in [-0.05, 0) is 66.8 Å². The van der Waals surface area contributed by atoms with Crippen molar-refractivity contribution in [3.05, 3.63) is 48.0 Å². The third-order valence-corrected chi connectivity index (χ3v) is 8.26. The fourth-order valence-electron chi connectivity index (χ4n) is 6.95. The third-order valence-electron chi connectivity index (χ3n) is 8.26. The summed E-state index contributed by atoms with van der Waals surface area (Å²) in [6, 6.07) is 13.8. The Bertz CT molecular complexity index is 1000. The van der Waals surface area contributed by atoms with Gasteiger partial charge in [0.15, 0.2) is 0 Å². The molecule has 31 heavy (non-hydrogen) atoms. The van der Waals surface area contributed by atoms with Crippen LogP contribution < -0.4 is 0 Å². The molecule has 7 unspecified atom stereocenters. The average Bonchev–Trinajstić information content (AvgIpc) is 3.21. The first-order valence-corrected chi connectivity index (χ1v) is 11.8. The molecule has 5 rings (SSSR count). The molecule has 0 amide bonds. The Morgan fingerprint density at radius 1 is 1.19 bits per heavy atom. The molecular weight excluding hydrogens is 388 g/mol. The number of benzene rings is 2. The van der Waals surface area contributed by atoms with Crippen LogP contribution in [0.5, 0.6) is 0 Å². The van der Waals surface area contributed by atoms with Crippen molar-refractivity contribution in [3.63, 3.8) is 0 Å². The van der Waals surface area contributed by atoms with E-state index in [9.17, 15) is 9.90 Å². The highest BCUT2D eigenvalue weighted by molar-refractivity contribution is 5.95. The molecule has 0 aromatic heterocycles. The van der Waals surface area contributed by atoms with Crippen molar-refractivity contribution >= 4 is 16.7 Å². The Hall–Kier alpha value is -1.91. The van der Waals surface area contributed by atoms with E-state index < -0.39 is 17.3 Å². The van der Waals surface area contributed by atoms with Gasteiger partial charge >= 0.3 is 5.97 Å². The molecule has 4 nitrogen and oxygen atoms in total. The molecule has 166 valence electrons. The average molecular weight is 423 g/mol. The summed E-state index contributed by atoms with van der Waals surface area (Å²) in [6.45, 7) is 8.70. The van der Waals surface area contributed by atoms with Crippen molar-refractivity contribution in [2.75, 3.05) is 0 Å². The third kappa shape index (κ3) is 3.22. The normalized spacial score (nSPS) is 39.1. The number of hydrogen-bond acceptors (Lipinski definition) is 4. The van der Waals surface area contributed by atoms with Crippen LogP contribution in [0.4, 0.5) is 0 Å². The Morgan fingerprint density at radius 3 is 2.68 bits per heavy atom. The zero-order valence-electron chi connectivity index (χ0n) is 19.0. The zero-order chi connectivity index (χ0) is 22.0. The first-order valence-electron chi connectivity index (χ1n) is 11.8. The van der Waals surface area contributed by atoms with Gasteiger partial charge in [0.2, 0.25) is 0 Å². The highest BCUT2D eigenvalue weighted by Crippen LogP contribution is 2.62. The molecule has 1 aliphatic carbocycles. The fourth-order valence-corrected chi connectivity index (χ4v) is 6.95. The molecule has 1 saturated carbocycles. The smallest absolute Gasteiger partial charge is 0.338 e. The van der Waals surface area contributed by atoms with Gasteiger partial charge in [-0.25, -0.2) is 4.79 Å². The maximum atomic E-state index is 13.4. The van der Waals surface area contributed by atoms with Gasteiger partial charge in [0.05, 0.1) is 17.3 Å². The fraction of sp³-hybridized carbons (Fsp3) is 0.593. The van der Waals surface area contributed by atoms with Crippen molar-refractivity contribution in [1.82, 2.24) is 0 Å². The zero-order valence-corrected chi connectivity index (χ0v) is 19.0. The van der Waals surface area contributed by atoms with Gasteiger partial charge in [-0.2, -0.15) is 0 Å². The summed E-state index contributed by atoms with van der Waals surface area (Å²) in [6.07, 6.45) is 2.57. The Labute approximate surface area is 184 Å². The summed E-state index contributed by atoms with van der Waals surface area (Å²) in [4.78, 5) is 13.4. The second kappa shape index (κ2) is 7.31. The molecule has 2 saturated heterocycles. The lowest BCUT2D eigenvalue weighted by atomic mass is 9.70. The number of carbonyl (C=O) groups excluding carboxylic acids is 1. The van der Waals surface area contributed by atoms with Gasteiger partial charge in [-0.3, -0.25) is 0 Å². The van der Waals surface area contributed by atoms with Gasteiger partial charge < -0.3 is 14.6 Å². The van der Waals surface area contributed by atoms with Crippen LogP contribution in [0, 0.1) is 23.7 Å². The van der Waals surface area contributed by atoms with E-state index in [-0.39, 0.29) is 23.9 Å². The quantitative estimate of drug-likeness (QED) is 0.674. The standard InChI is InChI=1S/C27H34O4/c1-16(2)14-27-15-22(28)26(4,31-27)21-12-9-17(3)23(21)24(27)30-25(29)20-11-10-18-7-5-6-8-19(18)13-20/h5-8,10-11,13,16-17,21-24,28H,9,12,14-15H2,1-4H3. The van der Waals surface area contributed by atoms with E-state index >= 15 is 0 Å². The molecule has 7 atom stereocenters. The number of carbonyl (C=O) groups is 1. The van der Waals surface area contributed by atoms with Crippen LogP contribution in [0.25, 0.3) is 10.8 Å².